The third kappa shape index (κ3) is 3.65. The molecule has 2 N–H and O–H groups in total. The molecule has 0 saturated carbocycles. The molecule has 0 unspecified atom stereocenters. The highest BCUT2D eigenvalue weighted by Gasteiger charge is 2.15. The molecule has 1 amide bonds. The molecule has 0 radical (unpaired) electrons. The summed E-state index contributed by atoms with van der Waals surface area (Å²) in [6.45, 7) is 4.14. The Morgan fingerprint density at radius 1 is 1.09 bits per heavy atom. The highest BCUT2D eigenvalue weighted by molar-refractivity contribution is 7.92. The summed E-state index contributed by atoms with van der Waals surface area (Å²) in [5.74, 6) is -0.178. The predicted octanol–water partition coefficient (Wildman–Crippen LogP) is 2.55. The number of carbonyl (C=O) groups excluding carboxylic acids is 1. The minimum atomic E-state index is -3.63. The summed E-state index contributed by atoms with van der Waals surface area (Å²) in [6.07, 6.45) is 0. The van der Waals surface area contributed by atoms with E-state index >= 15 is 0 Å². The van der Waals surface area contributed by atoms with Gasteiger partial charge in [-0.15, -0.1) is 0 Å². The van der Waals surface area contributed by atoms with Crippen LogP contribution in [-0.2, 0) is 10.0 Å². The van der Waals surface area contributed by atoms with E-state index < -0.39 is 10.0 Å². The molecule has 0 spiro atoms. The monoisotopic (exact) mass is 318 g/mol. The summed E-state index contributed by atoms with van der Waals surface area (Å²) in [5.41, 5.74) is 1.64. The van der Waals surface area contributed by atoms with Gasteiger partial charge in [-0.05, 0) is 49.7 Å². The van der Waals surface area contributed by atoms with Gasteiger partial charge in [-0.25, -0.2) is 8.42 Å². The molecule has 0 aromatic heterocycles. The number of benzene rings is 2. The molecule has 0 saturated heterocycles. The maximum absolute atomic E-state index is 12.3. The van der Waals surface area contributed by atoms with Gasteiger partial charge in [-0.2, -0.15) is 0 Å². The fraction of sp³-hybridized carbons (Fsp3) is 0.188. The highest BCUT2D eigenvalue weighted by atomic mass is 32.2. The number of amides is 1. The number of rotatable bonds is 5. The number of nitrogens with one attached hydrogen (secondary N) is 2. The van der Waals surface area contributed by atoms with Crippen LogP contribution in [0.5, 0.6) is 0 Å². The smallest absolute Gasteiger partial charge is 0.261 e. The second-order valence-corrected chi connectivity index (χ2v) is 6.49. The van der Waals surface area contributed by atoms with Crippen molar-refractivity contribution in [1.82, 2.24) is 5.32 Å². The van der Waals surface area contributed by atoms with Crippen molar-refractivity contribution in [2.45, 2.75) is 18.7 Å². The van der Waals surface area contributed by atoms with Gasteiger partial charge in [0.1, 0.15) is 0 Å². The summed E-state index contributed by atoms with van der Waals surface area (Å²) in [5, 5.41) is 2.71. The minimum Gasteiger partial charge on any atom is -0.352 e. The molecule has 0 aliphatic rings. The van der Waals surface area contributed by atoms with E-state index in [0.717, 1.165) is 0 Å². The topological polar surface area (TPSA) is 75.3 Å². The maximum Gasteiger partial charge on any atom is 0.261 e. The lowest BCUT2D eigenvalue weighted by atomic mass is 10.1. The molecule has 2 rings (SSSR count). The molecule has 116 valence electrons. The molecule has 0 bridgehead atoms. The molecule has 2 aromatic carbocycles. The molecular weight excluding hydrogens is 300 g/mol. The van der Waals surface area contributed by atoms with Crippen LogP contribution >= 0.6 is 0 Å². The van der Waals surface area contributed by atoms with Crippen LogP contribution in [0.25, 0.3) is 0 Å². The summed E-state index contributed by atoms with van der Waals surface area (Å²) < 4.78 is 27.1. The van der Waals surface area contributed by atoms with Crippen LogP contribution in [0.15, 0.2) is 53.4 Å². The first-order valence-electron chi connectivity index (χ1n) is 6.91. The first-order chi connectivity index (χ1) is 10.4. The lowest BCUT2D eigenvalue weighted by molar-refractivity contribution is 0.0956. The van der Waals surface area contributed by atoms with Crippen molar-refractivity contribution in [1.29, 1.82) is 0 Å². The van der Waals surface area contributed by atoms with E-state index in [-0.39, 0.29) is 10.8 Å². The number of sulfonamides is 1. The Kier molecular flexibility index (Phi) is 4.82. The van der Waals surface area contributed by atoms with Gasteiger partial charge in [0.15, 0.2) is 0 Å². The van der Waals surface area contributed by atoms with Gasteiger partial charge in [-0.1, -0.05) is 18.2 Å². The van der Waals surface area contributed by atoms with Crippen molar-refractivity contribution in [3.8, 4) is 0 Å². The molecule has 0 aliphatic heterocycles. The quantitative estimate of drug-likeness (QED) is 0.889. The van der Waals surface area contributed by atoms with Gasteiger partial charge in [0.25, 0.3) is 15.9 Å². The summed E-state index contributed by atoms with van der Waals surface area (Å²) >= 11 is 0. The Hall–Kier alpha value is -2.34. The number of aryl methyl sites for hydroxylation is 1. The molecule has 6 heteroatoms. The van der Waals surface area contributed by atoms with Gasteiger partial charge < -0.3 is 5.32 Å². The summed E-state index contributed by atoms with van der Waals surface area (Å²) in [4.78, 5) is 12.0. The Balaban J connectivity index is 2.26. The minimum absolute atomic E-state index is 0.178. The molecular formula is C16H18N2O3S. The Morgan fingerprint density at radius 2 is 1.77 bits per heavy atom. The zero-order chi connectivity index (χ0) is 16.2. The summed E-state index contributed by atoms with van der Waals surface area (Å²) in [7, 11) is -3.63. The molecule has 0 heterocycles. The second kappa shape index (κ2) is 6.62. The largest absolute Gasteiger partial charge is 0.352 e. The van der Waals surface area contributed by atoms with E-state index in [1.165, 1.54) is 12.1 Å². The van der Waals surface area contributed by atoms with E-state index in [9.17, 15) is 13.2 Å². The van der Waals surface area contributed by atoms with Crippen molar-refractivity contribution in [3.05, 3.63) is 59.7 Å². The SMILES string of the molecule is CCNC(=O)c1ccc(NS(=O)(=O)c2ccccc2)c(C)c1. The zero-order valence-corrected chi connectivity index (χ0v) is 13.3. The van der Waals surface area contributed by atoms with Crippen LogP contribution in [0.1, 0.15) is 22.8 Å². The third-order valence-electron chi connectivity index (χ3n) is 3.12. The Morgan fingerprint density at radius 3 is 2.36 bits per heavy atom. The Labute approximate surface area is 130 Å². The zero-order valence-electron chi connectivity index (χ0n) is 12.5. The average molecular weight is 318 g/mol. The number of hydrogen-bond acceptors (Lipinski definition) is 3. The van der Waals surface area contributed by atoms with Gasteiger partial charge in [0.2, 0.25) is 0 Å². The van der Waals surface area contributed by atoms with Crippen molar-refractivity contribution in [3.63, 3.8) is 0 Å². The first-order valence-corrected chi connectivity index (χ1v) is 8.39. The van der Waals surface area contributed by atoms with E-state index in [4.69, 9.17) is 0 Å². The lowest BCUT2D eigenvalue weighted by Gasteiger charge is -2.12. The second-order valence-electron chi connectivity index (χ2n) is 4.81. The van der Waals surface area contributed by atoms with Crippen molar-refractivity contribution in [2.75, 3.05) is 11.3 Å². The fourth-order valence-electron chi connectivity index (χ4n) is 1.99. The van der Waals surface area contributed by atoms with Crippen LogP contribution in [0.4, 0.5) is 5.69 Å². The third-order valence-corrected chi connectivity index (χ3v) is 4.51. The van der Waals surface area contributed by atoms with Gasteiger partial charge in [-0.3, -0.25) is 9.52 Å². The van der Waals surface area contributed by atoms with E-state index in [2.05, 4.69) is 10.0 Å². The molecule has 0 atom stereocenters. The number of hydrogen-bond donors (Lipinski definition) is 2. The van der Waals surface area contributed by atoms with Gasteiger partial charge in [0, 0.05) is 12.1 Å². The summed E-state index contributed by atoms with van der Waals surface area (Å²) in [6, 6.07) is 13.0. The van der Waals surface area contributed by atoms with E-state index in [1.54, 1.807) is 43.3 Å². The molecule has 22 heavy (non-hydrogen) atoms. The van der Waals surface area contributed by atoms with Crippen LogP contribution in [0.3, 0.4) is 0 Å². The Bertz CT molecular complexity index is 771. The molecule has 2 aromatic rings. The van der Waals surface area contributed by atoms with Crippen LogP contribution in [0.2, 0.25) is 0 Å². The fourth-order valence-corrected chi connectivity index (χ4v) is 3.14. The predicted molar refractivity (Wildman–Crippen MR) is 86.4 cm³/mol. The van der Waals surface area contributed by atoms with E-state index in [0.29, 0.717) is 23.4 Å². The molecule has 0 aliphatic carbocycles. The van der Waals surface area contributed by atoms with Crippen molar-refractivity contribution >= 4 is 21.6 Å². The van der Waals surface area contributed by atoms with Crippen LogP contribution < -0.4 is 10.0 Å². The van der Waals surface area contributed by atoms with Crippen molar-refractivity contribution < 1.29 is 13.2 Å². The maximum atomic E-state index is 12.3. The number of anilines is 1. The normalized spacial score (nSPS) is 11.0. The molecule has 5 nitrogen and oxygen atoms in total. The van der Waals surface area contributed by atoms with E-state index in [1.807, 2.05) is 6.92 Å². The first kappa shape index (κ1) is 16.0. The molecule has 0 fully saturated rings. The standard InChI is InChI=1S/C16H18N2O3S/c1-3-17-16(19)13-9-10-15(12(2)11-13)18-22(20,21)14-7-5-4-6-8-14/h4-11,18H,3H2,1-2H3,(H,17,19). The van der Waals surface area contributed by atoms with Gasteiger partial charge >= 0.3 is 0 Å². The van der Waals surface area contributed by atoms with Crippen LogP contribution in [0, 0.1) is 6.92 Å². The van der Waals surface area contributed by atoms with Crippen LogP contribution in [-0.4, -0.2) is 20.9 Å². The highest BCUT2D eigenvalue weighted by Crippen LogP contribution is 2.20. The van der Waals surface area contributed by atoms with Gasteiger partial charge in [0.05, 0.1) is 10.6 Å². The number of carbonyl (C=O) groups is 1. The van der Waals surface area contributed by atoms with Crippen molar-refractivity contribution in [2.24, 2.45) is 0 Å². The lowest BCUT2D eigenvalue weighted by Crippen LogP contribution is -2.22. The average Bonchev–Trinajstić information content (AvgIpc) is 2.50.